The smallest absolute Gasteiger partial charge is 0.416 e. The summed E-state index contributed by atoms with van der Waals surface area (Å²) < 4.78 is 39.0. The maximum atomic E-state index is 13.7. The van der Waals surface area contributed by atoms with E-state index in [2.05, 4.69) is 10.6 Å². The van der Waals surface area contributed by atoms with E-state index in [0.29, 0.717) is 12.8 Å². The zero-order valence-corrected chi connectivity index (χ0v) is 21.0. The quantitative estimate of drug-likeness (QED) is 0.125. The van der Waals surface area contributed by atoms with Crippen LogP contribution in [0, 0.1) is 0 Å². The molecule has 1 saturated carbocycles. The predicted octanol–water partition coefficient (Wildman–Crippen LogP) is 6.35. The largest absolute Gasteiger partial charge is 0.508 e. The maximum Gasteiger partial charge on any atom is 0.416 e. The number of benzene rings is 3. The monoisotopic (exact) mass is 560 g/mol. The Kier molecular flexibility index (Phi) is 8.12. The van der Waals surface area contributed by atoms with Crippen LogP contribution in [0.15, 0.2) is 60.7 Å². The van der Waals surface area contributed by atoms with Gasteiger partial charge in [-0.05, 0) is 61.4 Å². The molecule has 0 unspecified atom stereocenters. The van der Waals surface area contributed by atoms with Crippen LogP contribution >= 0.6 is 0 Å². The molecule has 0 bridgehead atoms. The zero-order valence-electron chi connectivity index (χ0n) is 21.0. The second-order valence-corrected chi connectivity index (χ2v) is 9.26. The highest BCUT2D eigenvalue weighted by atomic mass is 19.4. The first-order valence-corrected chi connectivity index (χ1v) is 12.4. The average molecular weight is 561 g/mol. The Balaban J connectivity index is 1.75. The molecule has 13 heteroatoms. The van der Waals surface area contributed by atoms with Crippen LogP contribution in [0.25, 0.3) is 0 Å². The molecule has 1 aliphatic carbocycles. The van der Waals surface area contributed by atoms with E-state index in [4.69, 9.17) is 0 Å². The molecule has 0 spiro atoms. The molecule has 0 saturated heterocycles. The lowest BCUT2D eigenvalue weighted by Crippen LogP contribution is -2.58. The number of urea groups is 2. The number of carbonyl (C=O) groups excluding carboxylic acids is 2. The number of nitrogens with zero attached hydrogens (tertiary/aromatic N) is 2. The fourth-order valence-corrected chi connectivity index (χ4v) is 4.48. The van der Waals surface area contributed by atoms with Gasteiger partial charge >= 0.3 is 18.2 Å². The van der Waals surface area contributed by atoms with E-state index in [1.165, 1.54) is 24.3 Å². The number of aromatic hydroxyl groups is 4. The van der Waals surface area contributed by atoms with Gasteiger partial charge in [0.25, 0.3) is 0 Å². The van der Waals surface area contributed by atoms with Crippen LogP contribution in [0.2, 0.25) is 0 Å². The van der Waals surface area contributed by atoms with Gasteiger partial charge in [-0.3, -0.25) is 0 Å². The normalized spacial score (nSPS) is 13.9. The van der Waals surface area contributed by atoms with Gasteiger partial charge in [0.05, 0.1) is 17.3 Å². The second-order valence-electron chi connectivity index (χ2n) is 9.26. The molecule has 3 aromatic rings. The Morgan fingerprint density at radius 3 is 1.93 bits per heavy atom. The molecule has 1 fully saturated rings. The Morgan fingerprint density at radius 1 is 0.750 bits per heavy atom. The Bertz CT molecular complexity index is 1380. The molecule has 3 aromatic carbocycles. The summed E-state index contributed by atoms with van der Waals surface area (Å²) in [7, 11) is 0. The molecule has 0 aromatic heterocycles. The number of phenols is 4. The summed E-state index contributed by atoms with van der Waals surface area (Å²) in [5, 5.41) is 47.2. The van der Waals surface area contributed by atoms with Gasteiger partial charge in [-0.15, -0.1) is 0 Å². The van der Waals surface area contributed by atoms with Crippen molar-refractivity contribution >= 4 is 29.1 Å². The van der Waals surface area contributed by atoms with Crippen molar-refractivity contribution in [3.63, 3.8) is 0 Å². The van der Waals surface area contributed by atoms with Gasteiger partial charge in [0, 0.05) is 17.8 Å². The summed E-state index contributed by atoms with van der Waals surface area (Å²) in [5.41, 5.74) is -1.20. The molecular formula is C27H27F3N4O6. The third-order valence-corrected chi connectivity index (χ3v) is 6.41. The molecule has 0 atom stereocenters. The average Bonchev–Trinajstić information content (AvgIpc) is 2.89. The first kappa shape index (κ1) is 28.2. The summed E-state index contributed by atoms with van der Waals surface area (Å²) in [5.74, 6) is -1.55. The lowest BCUT2D eigenvalue weighted by molar-refractivity contribution is -0.137. The number of rotatable bonds is 4. The first-order chi connectivity index (χ1) is 18.9. The van der Waals surface area contributed by atoms with Crippen LogP contribution in [0.4, 0.5) is 39.8 Å². The van der Waals surface area contributed by atoms with Gasteiger partial charge in [0.2, 0.25) is 0 Å². The van der Waals surface area contributed by atoms with E-state index < -0.39 is 41.3 Å². The number of phenolic OH excluding ortho intramolecular Hbond substituents is 4. The lowest BCUT2D eigenvalue weighted by Gasteiger charge is -2.41. The second kappa shape index (κ2) is 11.5. The molecule has 4 amide bonds. The maximum absolute atomic E-state index is 13.7. The van der Waals surface area contributed by atoms with Crippen LogP contribution in [0.1, 0.15) is 37.7 Å². The van der Waals surface area contributed by atoms with Crippen molar-refractivity contribution in [3.05, 3.63) is 66.2 Å². The minimum Gasteiger partial charge on any atom is -0.508 e. The van der Waals surface area contributed by atoms with Crippen molar-refractivity contribution in [3.8, 4) is 23.0 Å². The Hall–Kier alpha value is -4.81. The van der Waals surface area contributed by atoms with E-state index >= 15 is 0 Å². The minimum atomic E-state index is -4.58. The topological polar surface area (TPSA) is 146 Å². The Labute approximate surface area is 226 Å². The molecule has 212 valence electrons. The number of anilines is 3. The summed E-state index contributed by atoms with van der Waals surface area (Å²) in [6, 6.07) is 8.14. The van der Waals surface area contributed by atoms with Crippen LogP contribution in [-0.2, 0) is 6.18 Å². The number of hydrogen-bond donors (Lipinski definition) is 6. The van der Waals surface area contributed by atoms with Gasteiger partial charge in [-0.2, -0.15) is 18.2 Å². The molecule has 1 aliphatic rings. The molecule has 6 N–H and O–H groups in total. The lowest BCUT2D eigenvalue weighted by atomic mass is 9.95. The number of halogens is 3. The number of nitrogens with one attached hydrogen (secondary N) is 2. The molecule has 0 aliphatic heterocycles. The standard InChI is InChI=1S/C27H27F3N4O6/c28-27(29,30)16-6-8-17(9-7-16)31-25(39)34(22-13-11-20(36)15-24(22)38)33(18-4-2-1-3-5-18)26(40)32-21-12-10-19(35)14-23(21)37/h6-15,18,35-38H,1-5H2,(H,31,39)(H,32,40). The highest BCUT2D eigenvalue weighted by molar-refractivity contribution is 6.05. The highest BCUT2D eigenvalue weighted by Crippen LogP contribution is 2.36. The van der Waals surface area contributed by atoms with Gasteiger partial charge in [-0.25, -0.2) is 14.6 Å². The van der Waals surface area contributed by atoms with Crippen molar-refractivity contribution in [2.24, 2.45) is 0 Å². The SMILES string of the molecule is O=C(Nc1ccc(C(F)(F)F)cc1)N(c1ccc(O)cc1O)N(C(=O)Nc1ccc(O)cc1O)C1CCCCC1. The number of amides is 4. The van der Waals surface area contributed by atoms with Crippen LogP contribution in [0.5, 0.6) is 23.0 Å². The zero-order chi connectivity index (χ0) is 29.0. The van der Waals surface area contributed by atoms with Gasteiger partial charge in [-0.1, -0.05) is 19.3 Å². The molecule has 0 radical (unpaired) electrons. The number of carbonyl (C=O) groups is 2. The molecule has 10 nitrogen and oxygen atoms in total. The van der Waals surface area contributed by atoms with Crippen LogP contribution < -0.4 is 15.6 Å². The van der Waals surface area contributed by atoms with Gasteiger partial charge < -0.3 is 31.1 Å². The molecule has 40 heavy (non-hydrogen) atoms. The van der Waals surface area contributed by atoms with Crippen molar-refractivity contribution in [1.82, 2.24) is 5.01 Å². The van der Waals surface area contributed by atoms with E-state index in [9.17, 15) is 43.2 Å². The van der Waals surface area contributed by atoms with Crippen molar-refractivity contribution in [1.29, 1.82) is 0 Å². The summed E-state index contributed by atoms with van der Waals surface area (Å²) in [4.78, 5) is 27.4. The molecular weight excluding hydrogens is 533 g/mol. The molecule has 0 heterocycles. The minimum absolute atomic E-state index is 0.0125. The van der Waals surface area contributed by atoms with E-state index in [1.807, 2.05) is 0 Å². The number of hydrazine groups is 1. The number of hydrogen-bond acceptors (Lipinski definition) is 6. The van der Waals surface area contributed by atoms with Crippen molar-refractivity contribution < 1.29 is 43.2 Å². The van der Waals surface area contributed by atoms with Crippen molar-refractivity contribution in [2.45, 2.75) is 44.3 Å². The van der Waals surface area contributed by atoms with E-state index in [-0.39, 0.29) is 28.6 Å². The van der Waals surface area contributed by atoms with E-state index in [0.717, 1.165) is 65.7 Å². The first-order valence-electron chi connectivity index (χ1n) is 12.4. The fraction of sp³-hybridized carbons (Fsp3) is 0.259. The van der Waals surface area contributed by atoms with E-state index in [1.54, 1.807) is 0 Å². The molecule has 4 rings (SSSR count). The van der Waals surface area contributed by atoms with Gasteiger partial charge in [0.15, 0.2) is 0 Å². The predicted molar refractivity (Wildman–Crippen MR) is 140 cm³/mol. The summed E-state index contributed by atoms with van der Waals surface area (Å²) in [6.07, 6.45) is -1.26. The van der Waals surface area contributed by atoms with Crippen LogP contribution in [-0.4, -0.2) is 43.5 Å². The third kappa shape index (κ3) is 6.42. The van der Waals surface area contributed by atoms with Crippen LogP contribution in [0.3, 0.4) is 0 Å². The highest BCUT2D eigenvalue weighted by Gasteiger charge is 2.37. The van der Waals surface area contributed by atoms with Gasteiger partial charge in [0.1, 0.15) is 28.7 Å². The summed E-state index contributed by atoms with van der Waals surface area (Å²) in [6.45, 7) is 0. The number of alkyl halides is 3. The summed E-state index contributed by atoms with van der Waals surface area (Å²) >= 11 is 0. The van der Waals surface area contributed by atoms with Crippen molar-refractivity contribution in [2.75, 3.05) is 15.6 Å². The fourth-order valence-electron chi connectivity index (χ4n) is 4.48. The third-order valence-electron chi connectivity index (χ3n) is 6.41. The Morgan fingerprint density at radius 2 is 1.35 bits per heavy atom.